The van der Waals surface area contributed by atoms with Crippen LogP contribution < -0.4 is 15.8 Å². The summed E-state index contributed by atoms with van der Waals surface area (Å²) in [6, 6.07) is 6.24. The Kier molecular flexibility index (Phi) is 7.05. The standard InChI is InChI=1S/C17H27N3O3S/c18-24(22,23)16-8-6-15(7-9-16)11-13-20-17(21)19-12-10-14-4-2-1-3-5-14/h6-9,14H,1-5,10-13H2,(H2,18,22,23)(H2,19,20,21). The molecule has 6 nitrogen and oxygen atoms in total. The van der Waals surface area contributed by atoms with Crippen molar-refractivity contribution in [1.82, 2.24) is 10.6 Å². The van der Waals surface area contributed by atoms with Gasteiger partial charge in [-0.2, -0.15) is 0 Å². The molecule has 0 radical (unpaired) electrons. The van der Waals surface area contributed by atoms with Gasteiger partial charge in [-0.1, -0.05) is 44.2 Å². The van der Waals surface area contributed by atoms with Crippen molar-refractivity contribution in [2.45, 2.75) is 49.8 Å². The van der Waals surface area contributed by atoms with Crippen molar-refractivity contribution in [3.05, 3.63) is 29.8 Å². The Morgan fingerprint density at radius 2 is 1.67 bits per heavy atom. The number of benzene rings is 1. The van der Waals surface area contributed by atoms with Gasteiger partial charge in [-0.05, 0) is 36.5 Å². The first-order valence-corrected chi connectivity index (χ1v) is 10.1. The number of hydrogen-bond donors (Lipinski definition) is 3. The van der Waals surface area contributed by atoms with Crippen LogP contribution in [0, 0.1) is 5.92 Å². The van der Waals surface area contributed by atoms with E-state index in [0.29, 0.717) is 13.0 Å². The third kappa shape index (κ3) is 6.49. The lowest BCUT2D eigenvalue weighted by Crippen LogP contribution is -2.37. The van der Waals surface area contributed by atoms with Gasteiger partial charge in [0.05, 0.1) is 4.90 Å². The highest BCUT2D eigenvalue weighted by Crippen LogP contribution is 2.25. The minimum atomic E-state index is -3.65. The van der Waals surface area contributed by atoms with Crippen molar-refractivity contribution in [1.29, 1.82) is 0 Å². The summed E-state index contributed by atoms with van der Waals surface area (Å²) in [5.74, 6) is 0.761. The van der Waals surface area contributed by atoms with Crippen molar-refractivity contribution in [2.75, 3.05) is 13.1 Å². The fourth-order valence-corrected chi connectivity index (χ4v) is 3.61. The van der Waals surface area contributed by atoms with Crippen LogP contribution in [0.15, 0.2) is 29.2 Å². The maximum absolute atomic E-state index is 11.7. The molecule has 2 amide bonds. The Labute approximate surface area is 144 Å². The van der Waals surface area contributed by atoms with E-state index >= 15 is 0 Å². The van der Waals surface area contributed by atoms with Gasteiger partial charge in [0.25, 0.3) is 0 Å². The number of hydrogen-bond acceptors (Lipinski definition) is 3. The number of amides is 2. The summed E-state index contributed by atoms with van der Waals surface area (Å²) >= 11 is 0. The van der Waals surface area contributed by atoms with Crippen LogP contribution in [0.1, 0.15) is 44.1 Å². The number of nitrogens with one attached hydrogen (secondary N) is 2. The van der Waals surface area contributed by atoms with E-state index in [1.54, 1.807) is 12.1 Å². The molecule has 0 atom stereocenters. The molecule has 7 heteroatoms. The van der Waals surface area contributed by atoms with Gasteiger partial charge in [-0.25, -0.2) is 18.4 Å². The molecular weight excluding hydrogens is 326 g/mol. The van der Waals surface area contributed by atoms with Gasteiger partial charge in [0.15, 0.2) is 0 Å². The van der Waals surface area contributed by atoms with Gasteiger partial charge in [-0.3, -0.25) is 0 Å². The molecule has 0 aliphatic heterocycles. The minimum absolute atomic E-state index is 0.0969. The highest BCUT2D eigenvalue weighted by molar-refractivity contribution is 7.89. The molecule has 0 spiro atoms. The normalized spacial score (nSPS) is 15.9. The molecule has 0 saturated heterocycles. The molecule has 1 aromatic rings. The molecule has 134 valence electrons. The molecule has 0 bridgehead atoms. The van der Waals surface area contributed by atoms with Gasteiger partial charge in [0.1, 0.15) is 0 Å². The lowest BCUT2D eigenvalue weighted by molar-refractivity contribution is 0.239. The molecule has 1 fully saturated rings. The van der Waals surface area contributed by atoms with Crippen LogP contribution in [0.3, 0.4) is 0 Å². The molecule has 0 unspecified atom stereocenters. The summed E-state index contributed by atoms with van der Waals surface area (Å²) in [7, 11) is -3.65. The van der Waals surface area contributed by atoms with E-state index in [2.05, 4.69) is 10.6 Å². The summed E-state index contributed by atoms with van der Waals surface area (Å²) in [6.07, 6.45) is 8.27. The Morgan fingerprint density at radius 1 is 1.04 bits per heavy atom. The zero-order valence-corrected chi connectivity index (χ0v) is 14.8. The fourth-order valence-electron chi connectivity index (χ4n) is 3.09. The van der Waals surface area contributed by atoms with E-state index in [1.807, 2.05) is 0 Å². The largest absolute Gasteiger partial charge is 0.338 e. The van der Waals surface area contributed by atoms with Crippen LogP contribution in [0.2, 0.25) is 0 Å². The van der Waals surface area contributed by atoms with Gasteiger partial charge >= 0.3 is 6.03 Å². The molecular formula is C17H27N3O3S. The van der Waals surface area contributed by atoms with Gasteiger partial charge in [-0.15, -0.1) is 0 Å². The third-order valence-electron chi connectivity index (χ3n) is 4.51. The Morgan fingerprint density at radius 3 is 2.29 bits per heavy atom. The molecule has 1 aliphatic rings. The second-order valence-electron chi connectivity index (χ2n) is 6.41. The second kappa shape index (κ2) is 9.03. The van der Waals surface area contributed by atoms with Gasteiger partial charge < -0.3 is 10.6 Å². The topological polar surface area (TPSA) is 101 Å². The summed E-state index contributed by atoms with van der Waals surface area (Å²) < 4.78 is 22.3. The summed E-state index contributed by atoms with van der Waals surface area (Å²) in [5, 5.41) is 10.8. The first-order chi connectivity index (χ1) is 11.4. The van der Waals surface area contributed by atoms with Crippen LogP contribution in [-0.2, 0) is 16.4 Å². The number of sulfonamides is 1. The highest BCUT2D eigenvalue weighted by atomic mass is 32.2. The first kappa shape index (κ1) is 18.7. The van der Waals surface area contributed by atoms with E-state index in [9.17, 15) is 13.2 Å². The predicted octanol–water partition coefficient (Wildman–Crippen LogP) is 2.15. The van der Waals surface area contributed by atoms with Crippen molar-refractivity contribution in [3.63, 3.8) is 0 Å². The number of urea groups is 1. The maximum atomic E-state index is 11.7. The predicted molar refractivity (Wildman–Crippen MR) is 94.1 cm³/mol. The van der Waals surface area contributed by atoms with Crippen molar-refractivity contribution >= 4 is 16.1 Å². The Balaban J connectivity index is 1.61. The maximum Gasteiger partial charge on any atom is 0.314 e. The molecule has 0 heterocycles. The summed E-state index contributed by atoms with van der Waals surface area (Å²) in [6.45, 7) is 1.23. The van der Waals surface area contributed by atoms with Gasteiger partial charge in [0, 0.05) is 13.1 Å². The van der Waals surface area contributed by atoms with Crippen molar-refractivity contribution < 1.29 is 13.2 Å². The lowest BCUT2D eigenvalue weighted by atomic mass is 9.87. The number of carbonyl (C=O) groups is 1. The fraction of sp³-hybridized carbons (Fsp3) is 0.588. The van der Waals surface area contributed by atoms with Gasteiger partial charge in [0.2, 0.25) is 10.0 Å². The van der Waals surface area contributed by atoms with Crippen molar-refractivity contribution in [2.24, 2.45) is 11.1 Å². The molecule has 1 aromatic carbocycles. The quantitative estimate of drug-likeness (QED) is 0.700. The first-order valence-electron chi connectivity index (χ1n) is 8.58. The molecule has 24 heavy (non-hydrogen) atoms. The monoisotopic (exact) mass is 353 g/mol. The van der Waals surface area contributed by atoms with Crippen molar-refractivity contribution in [3.8, 4) is 0 Å². The summed E-state index contributed by atoms with van der Waals surface area (Å²) in [5.41, 5.74) is 0.949. The number of nitrogens with two attached hydrogens (primary N) is 1. The molecule has 4 N–H and O–H groups in total. The molecule has 2 rings (SSSR count). The average Bonchev–Trinajstić information content (AvgIpc) is 2.55. The van der Waals surface area contributed by atoms with Crippen LogP contribution in [-0.4, -0.2) is 27.5 Å². The van der Waals surface area contributed by atoms with Crippen LogP contribution in [0.25, 0.3) is 0 Å². The minimum Gasteiger partial charge on any atom is -0.338 e. The van der Waals surface area contributed by atoms with E-state index < -0.39 is 10.0 Å². The number of primary sulfonamides is 1. The van der Waals surface area contributed by atoms with E-state index in [0.717, 1.165) is 24.4 Å². The molecule has 0 aromatic heterocycles. The zero-order valence-electron chi connectivity index (χ0n) is 14.0. The average molecular weight is 353 g/mol. The smallest absolute Gasteiger partial charge is 0.314 e. The molecule has 1 saturated carbocycles. The van der Waals surface area contributed by atoms with E-state index in [-0.39, 0.29) is 10.9 Å². The van der Waals surface area contributed by atoms with Crippen LogP contribution in [0.4, 0.5) is 4.79 Å². The number of carbonyl (C=O) groups excluding carboxylic acids is 1. The third-order valence-corrected chi connectivity index (χ3v) is 5.44. The number of rotatable bonds is 7. The Bertz CT molecular complexity index is 623. The summed E-state index contributed by atoms with van der Waals surface area (Å²) in [4.78, 5) is 11.8. The van der Waals surface area contributed by atoms with E-state index in [4.69, 9.17) is 5.14 Å². The zero-order chi connectivity index (χ0) is 17.4. The van der Waals surface area contributed by atoms with Crippen LogP contribution >= 0.6 is 0 Å². The Hall–Kier alpha value is -1.60. The highest BCUT2D eigenvalue weighted by Gasteiger charge is 2.13. The second-order valence-corrected chi connectivity index (χ2v) is 7.98. The lowest BCUT2D eigenvalue weighted by Gasteiger charge is -2.21. The van der Waals surface area contributed by atoms with E-state index in [1.165, 1.54) is 44.2 Å². The SMILES string of the molecule is NS(=O)(=O)c1ccc(CCNC(=O)NCCC2CCCCC2)cc1. The molecule has 1 aliphatic carbocycles. The van der Waals surface area contributed by atoms with Crippen LogP contribution in [0.5, 0.6) is 0 Å².